The van der Waals surface area contributed by atoms with Crippen LogP contribution in [0.5, 0.6) is 0 Å². The Hall–Kier alpha value is -1.72. The maximum absolute atomic E-state index is 4.37. The van der Waals surface area contributed by atoms with Gasteiger partial charge in [-0.1, -0.05) is 24.3 Å². The first-order valence-corrected chi connectivity index (χ1v) is 7.71. The first kappa shape index (κ1) is 14.2. The second-order valence-electron chi connectivity index (χ2n) is 5.15. The molecule has 0 aliphatic carbocycles. The van der Waals surface area contributed by atoms with Crippen molar-refractivity contribution in [3.05, 3.63) is 64.3 Å². The van der Waals surface area contributed by atoms with Crippen molar-refractivity contribution in [2.24, 2.45) is 0 Å². The van der Waals surface area contributed by atoms with Gasteiger partial charge in [0.1, 0.15) is 4.60 Å². The van der Waals surface area contributed by atoms with Crippen LogP contribution in [0, 0.1) is 6.92 Å². The van der Waals surface area contributed by atoms with Crippen molar-refractivity contribution < 1.29 is 0 Å². The van der Waals surface area contributed by atoms with Crippen molar-refractivity contribution in [1.82, 2.24) is 19.7 Å². The Bertz CT molecular complexity index is 766. The van der Waals surface area contributed by atoms with Crippen molar-refractivity contribution in [3.8, 4) is 0 Å². The first-order chi connectivity index (χ1) is 10.1. The molecule has 4 nitrogen and oxygen atoms in total. The van der Waals surface area contributed by atoms with Gasteiger partial charge >= 0.3 is 0 Å². The molecular weight excluding hydrogens is 328 g/mol. The number of nitrogens with one attached hydrogen (secondary N) is 1. The van der Waals surface area contributed by atoms with E-state index in [2.05, 4.69) is 73.7 Å². The van der Waals surface area contributed by atoms with Gasteiger partial charge in [-0.2, -0.15) is 0 Å². The number of benzene rings is 1. The highest BCUT2D eigenvalue weighted by molar-refractivity contribution is 9.10. The summed E-state index contributed by atoms with van der Waals surface area (Å²) < 4.78 is 2.86. The van der Waals surface area contributed by atoms with E-state index in [0.717, 1.165) is 22.5 Å². The lowest BCUT2D eigenvalue weighted by atomic mass is 10.0. The lowest BCUT2D eigenvalue weighted by Crippen LogP contribution is -2.19. The van der Waals surface area contributed by atoms with Crippen LogP contribution in [-0.4, -0.2) is 14.4 Å². The van der Waals surface area contributed by atoms with Crippen molar-refractivity contribution in [2.75, 3.05) is 0 Å². The molecule has 0 spiro atoms. The molecule has 0 unspecified atom stereocenters. The average molecular weight is 345 g/mol. The summed E-state index contributed by atoms with van der Waals surface area (Å²) >= 11 is 3.40. The van der Waals surface area contributed by atoms with Crippen LogP contribution in [0.25, 0.3) is 5.65 Å². The summed E-state index contributed by atoms with van der Waals surface area (Å²) in [5, 5.41) is 3.56. The fraction of sp³-hybridized carbons (Fsp3) is 0.250. The molecule has 0 saturated heterocycles. The summed E-state index contributed by atoms with van der Waals surface area (Å²) in [5.74, 6) is 0. The molecule has 1 atom stereocenters. The summed E-state index contributed by atoms with van der Waals surface area (Å²) in [7, 11) is 0. The van der Waals surface area contributed by atoms with E-state index in [0.29, 0.717) is 6.04 Å². The van der Waals surface area contributed by atoms with E-state index < -0.39 is 0 Å². The molecule has 0 fully saturated rings. The number of halogens is 1. The minimum Gasteiger partial charge on any atom is -0.305 e. The highest BCUT2D eigenvalue weighted by Gasteiger charge is 2.09. The van der Waals surface area contributed by atoms with Gasteiger partial charge in [0.15, 0.2) is 5.65 Å². The van der Waals surface area contributed by atoms with Gasteiger partial charge in [0.05, 0.1) is 18.1 Å². The molecule has 0 aliphatic heterocycles. The molecule has 0 amide bonds. The Morgan fingerprint density at radius 1 is 1.24 bits per heavy atom. The van der Waals surface area contributed by atoms with Crippen LogP contribution >= 0.6 is 15.9 Å². The molecule has 1 N–H and O–H groups in total. The highest BCUT2D eigenvalue weighted by Crippen LogP contribution is 2.17. The highest BCUT2D eigenvalue weighted by atomic mass is 79.9. The fourth-order valence-corrected chi connectivity index (χ4v) is 2.79. The maximum atomic E-state index is 4.37. The molecule has 1 aromatic carbocycles. The van der Waals surface area contributed by atoms with E-state index >= 15 is 0 Å². The van der Waals surface area contributed by atoms with E-state index in [4.69, 9.17) is 0 Å². The molecule has 0 bridgehead atoms. The number of aryl methyl sites for hydroxylation is 1. The maximum Gasteiger partial charge on any atom is 0.155 e. The number of fused-ring (bicyclic) bond motifs is 1. The smallest absolute Gasteiger partial charge is 0.155 e. The van der Waals surface area contributed by atoms with Gasteiger partial charge in [0, 0.05) is 18.8 Å². The van der Waals surface area contributed by atoms with Crippen LogP contribution in [0.3, 0.4) is 0 Å². The van der Waals surface area contributed by atoms with Gasteiger partial charge in [-0.3, -0.25) is 4.40 Å². The van der Waals surface area contributed by atoms with Gasteiger partial charge in [0.2, 0.25) is 0 Å². The molecule has 0 radical (unpaired) electrons. The predicted octanol–water partition coefficient (Wildman–Crippen LogP) is 3.65. The van der Waals surface area contributed by atoms with E-state index in [9.17, 15) is 0 Å². The Balaban J connectivity index is 1.77. The summed E-state index contributed by atoms with van der Waals surface area (Å²) in [4.78, 5) is 8.56. The van der Waals surface area contributed by atoms with Crippen molar-refractivity contribution in [3.63, 3.8) is 0 Å². The average Bonchev–Trinajstić information content (AvgIpc) is 2.87. The summed E-state index contributed by atoms with van der Waals surface area (Å²) in [5.41, 5.74) is 4.61. The third-order valence-electron chi connectivity index (χ3n) is 3.69. The van der Waals surface area contributed by atoms with Crippen LogP contribution < -0.4 is 5.32 Å². The van der Waals surface area contributed by atoms with Crippen LogP contribution in [0.15, 0.2) is 47.5 Å². The van der Waals surface area contributed by atoms with Crippen molar-refractivity contribution in [1.29, 1.82) is 0 Å². The fourth-order valence-electron chi connectivity index (χ4n) is 2.49. The summed E-state index contributed by atoms with van der Waals surface area (Å²) in [6.45, 7) is 5.08. The zero-order valence-corrected chi connectivity index (χ0v) is 13.6. The lowest BCUT2D eigenvalue weighted by Gasteiger charge is -2.16. The molecule has 3 rings (SSSR count). The second kappa shape index (κ2) is 5.95. The van der Waals surface area contributed by atoms with Crippen LogP contribution in [0.2, 0.25) is 0 Å². The molecule has 0 saturated carbocycles. The number of nitrogens with zero attached hydrogens (tertiary/aromatic N) is 3. The van der Waals surface area contributed by atoms with Crippen LogP contribution in [-0.2, 0) is 6.54 Å². The topological polar surface area (TPSA) is 42.2 Å². The normalized spacial score (nSPS) is 12.7. The lowest BCUT2D eigenvalue weighted by molar-refractivity contribution is 0.563. The van der Waals surface area contributed by atoms with Crippen LogP contribution in [0.4, 0.5) is 0 Å². The predicted molar refractivity (Wildman–Crippen MR) is 87.1 cm³/mol. The Labute approximate surface area is 132 Å². The zero-order valence-electron chi connectivity index (χ0n) is 12.0. The third-order valence-corrected chi connectivity index (χ3v) is 4.09. The van der Waals surface area contributed by atoms with E-state index in [-0.39, 0.29) is 0 Å². The third kappa shape index (κ3) is 2.99. The quantitative estimate of drug-likeness (QED) is 0.785. The molecule has 3 aromatic rings. The molecule has 21 heavy (non-hydrogen) atoms. The monoisotopic (exact) mass is 344 g/mol. The molecule has 2 heterocycles. The number of hydrogen-bond donors (Lipinski definition) is 1. The van der Waals surface area contributed by atoms with E-state index in [1.54, 1.807) is 6.20 Å². The van der Waals surface area contributed by atoms with E-state index in [1.165, 1.54) is 11.1 Å². The minimum atomic E-state index is 0.294. The van der Waals surface area contributed by atoms with Gasteiger partial charge in [-0.15, -0.1) is 0 Å². The van der Waals surface area contributed by atoms with Gasteiger partial charge < -0.3 is 5.32 Å². The molecular formula is C16H17BrN4. The van der Waals surface area contributed by atoms with Crippen LogP contribution in [0.1, 0.15) is 29.8 Å². The summed E-state index contributed by atoms with van der Waals surface area (Å²) in [6.07, 6.45) is 5.59. The second-order valence-corrected chi connectivity index (χ2v) is 5.96. The first-order valence-electron chi connectivity index (χ1n) is 6.91. The number of imidazole rings is 1. The van der Waals surface area contributed by atoms with Crippen molar-refractivity contribution in [2.45, 2.75) is 26.4 Å². The minimum absolute atomic E-state index is 0.294. The number of aromatic nitrogens is 3. The summed E-state index contributed by atoms with van der Waals surface area (Å²) in [6, 6.07) is 8.76. The Morgan fingerprint density at radius 2 is 2.05 bits per heavy atom. The zero-order chi connectivity index (χ0) is 14.8. The van der Waals surface area contributed by atoms with Gasteiger partial charge in [-0.05, 0) is 40.9 Å². The number of rotatable bonds is 4. The Morgan fingerprint density at radius 3 is 2.86 bits per heavy atom. The largest absolute Gasteiger partial charge is 0.305 e. The molecule has 5 heteroatoms. The Kier molecular flexibility index (Phi) is 4.03. The van der Waals surface area contributed by atoms with E-state index in [1.807, 2.05) is 12.4 Å². The SMILES string of the molecule is Cc1ccccc1[C@@H](C)NCc1cnc2cnc(Br)cn12. The van der Waals surface area contributed by atoms with Gasteiger partial charge in [0.25, 0.3) is 0 Å². The number of hydrogen-bond acceptors (Lipinski definition) is 3. The molecule has 0 aliphatic rings. The van der Waals surface area contributed by atoms with Crippen molar-refractivity contribution >= 4 is 21.6 Å². The standard InChI is InChI=1S/C16H17BrN4/c1-11-5-3-4-6-14(11)12(2)18-7-13-8-20-16-9-19-15(17)10-21(13)16/h3-6,8-10,12,18H,7H2,1-2H3/t12-/m1/s1. The molecule has 108 valence electrons. The molecule has 2 aromatic heterocycles. The van der Waals surface area contributed by atoms with Gasteiger partial charge in [-0.25, -0.2) is 9.97 Å².